The van der Waals surface area contributed by atoms with Crippen LogP contribution in [0.3, 0.4) is 0 Å². The van der Waals surface area contributed by atoms with E-state index in [9.17, 15) is 13.2 Å². The van der Waals surface area contributed by atoms with Gasteiger partial charge in [-0.05, 0) is 17.4 Å². The van der Waals surface area contributed by atoms with Crippen LogP contribution in [-0.4, -0.2) is 52.4 Å². The van der Waals surface area contributed by atoms with Gasteiger partial charge in [0.1, 0.15) is 0 Å². The molecular formula is C19H26N4O3S2. The molecule has 0 bridgehead atoms. The zero-order chi connectivity index (χ0) is 20.5. The monoisotopic (exact) mass is 422 g/mol. The molecule has 1 atom stereocenters. The number of benzene rings is 1. The highest BCUT2D eigenvalue weighted by Crippen LogP contribution is 2.27. The first-order valence-corrected chi connectivity index (χ1v) is 12.0. The van der Waals surface area contributed by atoms with Crippen LogP contribution in [0.1, 0.15) is 32.8 Å². The van der Waals surface area contributed by atoms with E-state index in [4.69, 9.17) is 0 Å². The number of carbonyl (C=O) groups is 1. The molecule has 9 heteroatoms. The molecule has 0 aliphatic carbocycles. The van der Waals surface area contributed by atoms with E-state index in [1.54, 1.807) is 0 Å². The minimum Gasteiger partial charge on any atom is -0.352 e. The highest BCUT2D eigenvalue weighted by molar-refractivity contribution is 7.99. The number of hydrogen-bond acceptors (Lipinski definition) is 6. The largest absolute Gasteiger partial charge is 0.352 e. The average Bonchev–Trinajstić information content (AvgIpc) is 3.14. The molecule has 1 amide bonds. The Bertz CT molecular complexity index is 960. The van der Waals surface area contributed by atoms with Gasteiger partial charge in [-0.15, -0.1) is 10.2 Å². The lowest BCUT2D eigenvalue weighted by Crippen LogP contribution is -2.36. The van der Waals surface area contributed by atoms with Gasteiger partial charge in [0, 0.05) is 18.7 Å². The lowest BCUT2D eigenvalue weighted by molar-refractivity contribution is -0.119. The number of hydrogen-bond donors (Lipinski definition) is 1. The number of rotatable bonds is 5. The molecule has 7 nitrogen and oxygen atoms in total. The Morgan fingerprint density at radius 3 is 2.50 bits per heavy atom. The summed E-state index contributed by atoms with van der Waals surface area (Å²) in [6.45, 7) is 6.52. The summed E-state index contributed by atoms with van der Waals surface area (Å²) >= 11 is 1.29. The lowest BCUT2D eigenvalue weighted by Gasteiger charge is -2.19. The van der Waals surface area contributed by atoms with E-state index < -0.39 is 9.84 Å². The average molecular weight is 423 g/mol. The summed E-state index contributed by atoms with van der Waals surface area (Å²) in [5.41, 5.74) is 2.31. The molecular weight excluding hydrogens is 396 g/mol. The molecule has 1 fully saturated rings. The van der Waals surface area contributed by atoms with Crippen molar-refractivity contribution in [3.8, 4) is 11.4 Å². The van der Waals surface area contributed by atoms with E-state index in [0.717, 1.165) is 11.4 Å². The maximum atomic E-state index is 12.1. The topological polar surface area (TPSA) is 94.0 Å². The molecule has 1 aromatic carbocycles. The molecule has 1 aliphatic rings. The Labute approximate surface area is 170 Å². The quantitative estimate of drug-likeness (QED) is 0.742. The minimum atomic E-state index is -3.00. The summed E-state index contributed by atoms with van der Waals surface area (Å²) in [4.78, 5) is 12.1. The summed E-state index contributed by atoms with van der Waals surface area (Å²) < 4.78 is 24.8. The van der Waals surface area contributed by atoms with Crippen LogP contribution < -0.4 is 5.32 Å². The molecule has 1 aliphatic heterocycles. The van der Waals surface area contributed by atoms with Crippen LogP contribution in [0.2, 0.25) is 0 Å². The van der Waals surface area contributed by atoms with Gasteiger partial charge in [0.25, 0.3) is 0 Å². The normalized spacial score (nSPS) is 18.9. The fourth-order valence-electron chi connectivity index (χ4n) is 3.12. The number of nitrogens with zero attached hydrogens (tertiary/aromatic N) is 3. The molecule has 0 radical (unpaired) electrons. The highest BCUT2D eigenvalue weighted by atomic mass is 32.2. The molecule has 2 aromatic rings. The number of amides is 1. The van der Waals surface area contributed by atoms with Crippen molar-refractivity contribution < 1.29 is 13.2 Å². The van der Waals surface area contributed by atoms with Gasteiger partial charge < -0.3 is 9.88 Å². The molecule has 0 spiro atoms. The number of carbonyl (C=O) groups excluding carboxylic acids is 1. The van der Waals surface area contributed by atoms with Crippen LogP contribution in [0.25, 0.3) is 11.4 Å². The van der Waals surface area contributed by atoms with Crippen molar-refractivity contribution in [3.63, 3.8) is 0 Å². The Hall–Kier alpha value is -1.87. The van der Waals surface area contributed by atoms with Crippen molar-refractivity contribution in [2.75, 3.05) is 17.3 Å². The van der Waals surface area contributed by atoms with Gasteiger partial charge in [-0.1, -0.05) is 56.8 Å². The molecule has 1 aromatic heterocycles. The first-order chi connectivity index (χ1) is 13.0. The van der Waals surface area contributed by atoms with Crippen molar-refractivity contribution in [2.24, 2.45) is 7.05 Å². The van der Waals surface area contributed by atoms with Crippen LogP contribution in [0.5, 0.6) is 0 Å². The second kappa shape index (κ2) is 7.87. The van der Waals surface area contributed by atoms with E-state index in [1.807, 2.05) is 23.7 Å². The fraction of sp³-hybridized carbons (Fsp3) is 0.526. The first kappa shape index (κ1) is 20.9. The molecule has 0 saturated carbocycles. The van der Waals surface area contributed by atoms with Crippen LogP contribution >= 0.6 is 11.8 Å². The van der Waals surface area contributed by atoms with Gasteiger partial charge in [0.05, 0.1) is 17.3 Å². The Morgan fingerprint density at radius 2 is 1.93 bits per heavy atom. The molecule has 28 heavy (non-hydrogen) atoms. The maximum absolute atomic E-state index is 12.1. The zero-order valence-corrected chi connectivity index (χ0v) is 18.2. The second-order valence-electron chi connectivity index (χ2n) is 8.15. The smallest absolute Gasteiger partial charge is 0.230 e. The van der Waals surface area contributed by atoms with E-state index in [-0.39, 0.29) is 34.6 Å². The predicted molar refractivity (Wildman–Crippen MR) is 111 cm³/mol. The first-order valence-electron chi connectivity index (χ1n) is 9.18. The number of thioether (sulfide) groups is 1. The van der Waals surface area contributed by atoms with Gasteiger partial charge in [-0.25, -0.2) is 8.42 Å². The van der Waals surface area contributed by atoms with Crippen molar-refractivity contribution in [1.82, 2.24) is 20.1 Å². The summed E-state index contributed by atoms with van der Waals surface area (Å²) in [5, 5.41) is 11.9. The predicted octanol–water partition coefficient (Wildman–Crippen LogP) is 2.17. The minimum absolute atomic E-state index is 0.0298. The molecule has 2 heterocycles. The Balaban J connectivity index is 1.61. The third-order valence-corrected chi connectivity index (χ3v) is 7.56. The van der Waals surface area contributed by atoms with E-state index >= 15 is 0 Å². The van der Waals surface area contributed by atoms with E-state index in [2.05, 4.69) is 48.4 Å². The summed E-state index contributed by atoms with van der Waals surface area (Å²) in [6.07, 6.45) is 0.484. The molecule has 0 unspecified atom stereocenters. The van der Waals surface area contributed by atoms with Gasteiger partial charge in [-0.3, -0.25) is 4.79 Å². The number of aromatic nitrogens is 3. The Kier molecular flexibility index (Phi) is 5.86. The van der Waals surface area contributed by atoms with Crippen molar-refractivity contribution >= 4 is 27.5 Å². The molecule has 152 valence electrons. The van der Waals surface area contributed by atoms with Gasteiger partial charge in [-0.2, -0.15) is 0 Å². The third kappa shape index (κ3) is 4.94. The van der Waals surface area contributed by atoms with Gasteiger partial charge in [0.15, 0.2) is 20.8 Å². The Morgan fingerprint density at radius 1 is 1.25 bits per heavy atom. The standard InChI is InChI=1S/C19H26N4O3S2/c1-19(2,3)14-7-5-13(6-8-14)17-21-22-18(23(17)4)27-11-16(24)20-15-9-10-28(25,26)12-15/h5-8,15H,9-12H2,1-4H3,(H,20,24)/t15-/m0/s1. The third-order valence-electron chi connectivity index (χ3n) is 4.77. The summed E-state index contributed by atoms with van der Waals surface area (Å²) in [6, 6.07) is 7.98. The van der Waals surface area contributed by atoms with Gasteiger partial charge in [0.2, 0.25) is 5.91 Å². The molecule has 3 rings (SSSR count). The van der Waals surface area contributed by atoms with Crippen LogP contribution in [-0.2, 0) is 27.1 Å². The lowest BCUT2D eigenvalue weighted by atomic mass is 9.87. The van der Waals surface area contributed by atoms with Crippen LogP contribution in [0, 0.1) is 0 Å². The molecule has 1 saturated heterocycles. The van der Waals surface area contributed by atoms with Crippen LogP contribution in [0.15, 0.2) is 29.4 Å². The number of sulfone groups is 1. The highest BCUT2D eigenvalue weighted by Gasteiger charge is 2.29. The summed E-state index contributed by atoms with van der Waals surface area (Å²) in [5.74, 6) is 0.899. The van der Waals surface area contributed by atoms with Crippen molar-refractivity contribution in [2.45, 2.75) is 43.8 Å². The SMILES string of the molecule is Cn1c(SCC(=O)N[C@H]2CCS(=O)(=O)C2)nnc1-c1ccc(C(C)(C)C)cc1. The number of nitrogens with one attached hydrogen (secondary N) is 1. The van der Waals surface area contributed by atoms with Crippen molar-refractivity contribution in [3.05, 3.63) is 29.8 Å². The fourth-order valence-corrected chi connectivity index (χ4v) is 5.52. The van der Waals surface area contributed by atoms with Crippen LogP contribution in [0.4, 0.5) is 0 Å². The van der Waals surface area contributed by atoms with Crippen molar-refractivity contribution in [1.29, 1.82) is 0 Å². The molecule has 1 N–H and O–H groups in total. The summed E-state index contributed by atoms with van der Waals surface area (Å²) in [7, 11) is -1.13. The maximum Gasteiger partial charge on any atom is 0.230 e. The van der Waals surface area contributed by atoms with E-state index in [0.29, 0.717) is 11.6 Å². The van der Waals surface area contributed by atoms with E-state index in [1.165, 1.54) is 17.3 Å². The second-order valence-corrected chi connectivity index (χ2v) is 11.3. The zero-order valence-electron chi connectivity index (χ0n) is 16.6. The van der Waals surface area contributed by atoms with Gasteiger partial charge >= 0.3 is 0 Å².